The number of aromatic nitrogens is 2. The molecule has 0 N–H and O–H groups in total. The van der Waals surface area contributed by atoms with Crippen LogP contribution in [-0.2, 0) is 6.54 Å². The van der Waals surface area contributed by atoms with Gasteiger partial charge >= 0.3 is 0 Å². The first-order valence-corrected chi connectivity index (χ1v) is 7.17. The number of hydrogen-bond acceptors (Lipinski definition) is 1. The molecule has 0 atom stereocenters. The Hall–Kier alpha value is -1.80. The predicted octanol–water partition coefficient (Wildman–Crippen LogP) is 5.09. The number of rotatable bonds is 3. The summed E-state index contributed by atoms with van der Waals surface area (Å²) in [6.07, 6.45) is 0. The zero-order valence-corrected chi connectivity index (χ0v) is 13.5. The van der Waals surface area contributed by atoms with Crippen molar-refractivity contribution in [3.63, 3.8) is 0 Å². The van der Waals surface area contributed by atoms with Crippen molar-refractivity contribution in [2.45, 2.75) is 27.3 Å². The van der Waals surface area contributed by atoms with E-state index in [1.54, 1.807) is 0 Å². The van der Waals surface area contributed by atoms with Crippen LogP contribution in [0, 0.1) is 12.8 Å². The highest BCUT2D eigenvalue weighted by molar-refractivity contribution is 5.85. The molecule has 0 unspecified atom stereocenters. The highest BCUT2D eigenvalue weighted by atomic mass is 35.5. The van der Waals surface area contributed by atoms with E-state index in [1.807, 2.05) is 0 Å². The van der Waals surface area contributed by atoms with E-state index in [1.165, 1.54) is 16.6 Å². The summed E-state index contributed by atoms with van der Waals surface area (Å²) in [5, 5.41) is 0. The second-order valence-corrected chi connectivity index (χ2v) is 5.80. The van der Waals surface area contributed by atoms with Gasteiger partial charge in [0.25, 0.3) is 0 Å². The van der Waals surface area contributed by atoms with Crippen LogP contribution in [0.4, 0.5) is 0 Å². The van der Waals surface area contributed by atoms with Crippen LogP contribution in [0.1, 0.15) is 19.4 Å². The molecule has 0 aliphatic rings. The Morgan fingerprint density at radius 2 is 1.81 bits per heavy atom. The zero-order valence-electron chi connectivity index (χ0n) is 12.7. The van der Waals surface area contributed by atoms with Gasteiger partial charge in [0.1, 0.15) is 5.82 Å². The molecule has 3 aromatic rings. The third-order valence-corrected chi connectivity index (χ3v) is 3.48. The van der Waals surface area contributed by atoms with Crippen molar-refractivity contribution in [2.75, 3.05) is 0 Å². The smallest absolute Gasteiger partial charge is 0.141 e. The molecule has 0 bridgehead atoms. The summed E-state index contributed by atoms with van der Waals surface area (Å²) >= 11 is 0. The van der Waals surface area contributed by atoms with Crippen molar-refractivity contribution in [2.24, 2.45) is 5.92 Å². The first-order valence-electron chi connectivity index (χ1n) is 7.17. The Kier molecular flexibility index (Phi) is 4.69. The molecular formula is C18H21ClN2. The average Bonchev–Trinajstić information content (AvgIpc) is 2.77. The van der Waals surface area contributed by atoms with Crippen LogP contribution in [0.25, 0.3) is 22.4 Å². The first kappa shape index (κ1) is 15.6. The van der Waals surface area contributed by atoms with E-state index < -0.39 is 0 Å². The van der Waals surface area contributed by atoms with Crippen LogP contribution in [0.5, 0.6) is 0 Å². The molecule has 3 heteroatoms. The normalized spacial score (nSPS) is 10.9. The Balaban J connectivity index is 0.00000161. The molecule has 0 saturated heterocycles. The van der Waals surface area contributed by atoms with Crippen molar-refractivity contribution < 1.29 is 0 Å². The quantitative estimate of drug-likeness (QED) is 0.659. The average molecular weight is 301 g/mol. The van der Waals surface area contributed by atoms with Crippen LogP contribution in [-0.4, -0.2) is 9.55 Å². The highest BCUT2D eigenvalue weighted by Crippen LogP contribution is 2.26. The van der Waals surface area contributed by atoms with Crippen LogP contribution in [0.3, 0.4) is 0 Å². The molecule has 0 saturated carbocycles. The summed E-state index contributed by atoms with van der Waals surface area (Å²) < 4.78 is 2.34. The fourth-order valence-electron chi connectivity index (χ4n) is 2.63. The minimum absolute atomic E-state index is 0. The van der Waals surface area contributed by atoms with Gasteiger partial charge in [-0.2, -0.15) is 0 Å². The minimum atomic E-state index is 0. The largest absolute Gasteiger partial charge is 0.324 e. The molecule has 0 spiro atoms. The topological polar surface area (TPSA) is 17.8 Å². The molecule has 21 heavy (non-hydrogen) atoms. The number of halogens is 1. The molecule has 2 nitrogen and oxygen atoms in total. The molecule has 0 fully saturated rings. The Labute approximate surface area is 132 Å². The summed E-state index contributed by atoms with van der Waals surface area (Å²) in [6, 6.07) is 17.0. The van der Waals surface area contributed by atoms with E-state index in [2.05, 4.69) is 73.9 Å². The fraction of sp³-hybridized carbons (Fsp3) is 0.278. The summed E-state index contributed by atoms with van der Waals surface area (Å²) in [7, 11) is 0. The van der Waals surface area contributed by atoms with Crippen molar-refractivity contribution >= 4 is 23.4 Å². The molecule has 0 amide bonds. The third kappa shape index (κ3) is 3.11. The summed E-state index contributed by atoms with van der Waals surface area (Å²) in [5.41, 5.74) is 4.76. The van der Waals surface area contributed by atoms with E-state index in [0.717, 1.165) is 17.9 Å². The number of para-hydroxylation sites is 2. The van der Waals surface area contributed by atoms with Gasteiger partial charge in [0, 0.05) is 12.1 Å². The van der Waals surface area contributed by atoms with Crippen LogP contribution < -0.4 is 0 Å². The molecule has 3 rings (SSSR count). The summed E-state index contributed by atoms with van der Waals surface area (Å²) in [6.45, 7) is 7.60. The molecule has 1 aromatic heterocycles. The summed E-state index contributed by atoms with van der Waals surface area (Å²) in [5.74, 6) is 1.67. The number of hydrogen-bond donors (Lipinski definition) is 0. The molecular weight excluding hydrogens is 280 g/mol. The van der Waals surface area contributed by atoms with E-state index in [9.17, 15) is 0 Å². The maximum atomic E-state index is 4.84. The van der Waals surface area contributed by atoms with Gasteiger partial charge in [-0.3, -0.25) is 0 Å². The molecule has 0 aliphatic carbocycles. The maximum absolute atomic E-state index is 4.84. The molecule has 0 aliphatic heterocycles. The number of benzene rings is 2. The number of imidazole rings is 1. The Morgan fingerprint density at radius 3 is 2.52 bits per heavy atom. The lowest BCUT2D eigenvalue weighted by Crippen LogP contribution is -2.06. The van der Waals surface area contributed by atoms with Crippen molar-refractivity contribution in [1.29, 1.82) is 0 Å². The minimum Gasteiger partial charge on any atom is -0.324 e. The second-order valence-electron chi connectivity index (χ2n) is 5.80. The second kappa shape index (κ2) is 6.31. The van der Waals surface area contributed by atoms with E-state index >= 15 is 0 Å². The van der Waals surface area contributed by atoms with Crippen molar-refractivity contribution in [3.05, 3.63) is 54.1 Å². The fourth-order valence-corrected chi connectivity index (χ4v) is 2.63. The maximum Gasteiger partial charge on any atom is 0.141 e. The monoisotopic (exact) mass is 300 g/mol. The van der Waals surface area contributed by atoms with Gasteiger partial charge in [0.05, 0.1) is 11.0 Å². The Morgan fingerprint density at radius 1 is 1.05 bits per heavy atom. The van der Waals surface area contributed by atoms with Crippen LogP contribution in [0.2, 0.25) is 0 Å². The van der Waals surface area contributed by atoms with Gasteiger partial charge in [0.2, 0.25) is 0 Å². The standard InChI is InChI=1S/C18H20N2.ClH/c1-13(2)12-20-17-10-5-4-9-16(17)19-18(20)15-8-6-7-14(3)11-15;/h4-11,13H,12H2,1-3H3;1H. The third-order valence-electron chi connectivity index (χ3n) is 3.48. The highest BCUT2D eigenvalue weighted by Gasteiger charge is 2.13. The van der Waals surface area contributed by atoms with Gasteiger partial charge < -0.3 is 4.57 Å². The molecule has 2 aromatic carbocycles. The number of aryl methyl sites for hydroxylation is 1. The molecule has 0 radical (unpaired) electrons. The van der Waals surface area contributed by atoms with Crippen LogP contribution >= 0.6 is 12.4 Å². The lowest BCUT2D eigenvalue weighted by molar-refractivity contribution is 0.536. The van der Waals surface area contributed by atoms with E-state index in [0.29, 0.717) is 5.92 Å². The number of nitrogens with zero attached hydrogens (tertiary/aromatic N) is 2. The van der Waals surface area contributed by atoms with Gasteiger partial charge in [-0.05, 0) is 31.0 Å². The first-order chi connectivity index (χ1) is 9.65. The molecule has 110 valence electrons. The van der Waals surface area contributed by atoms with E-state index in [4.69, 9.17) is 4.98 Å². The van der Waals surface area contributed by atoms with Gasteiger partial charge in [-0.25, -0.2) is 4.98 Å². The van der Waals surface area contributed by atoms with Crippen molar-refractivity contribution in [3.8, 4) is 11.4 Å². The SMILES string of the molecule is Cc1cccc(-c2nc3ccccc3n2CC(C)C)c1.Cl. The van der Waals surface area contributed by atoms with Gasteiger partial charge in [-0.15, -0.1) is 12.4 Å². The van der Waals surface area contributed by atoms with Crippen LogP contribution in [0.15, 0.2) is 48.5 Å². The molecule has 1 heterocycles. The lowest BCUT2D eigenvalue weighted by Gasteiger charge is -2.12. The van der Waals surface area contributed by atoms with E-state index in [-0.39, 0.29) is 12.4 Å². The lowest BCUT2D eigenvalue weighted by atomic mass is 10.1. The van der Waals surface area contributed by atoms with Gasteiger partial charge in [-0.1, -0.05) is 49.7 Å². The Bertz CT molecular complexity index is 744. The number of fused-ring (bicyclic) bond motifs is 1. The van der Waals surface area contributed by atoms with Crippen molar-refractivity contribution in [1.82, 2.24) is 9.55 Å². The zero-order chi connectivity index (χ0) is 14.1. The predicted molar refractivity (Wildman–Crippen MR) is 92.0 cm³/mol. The van der Waals surface area contributed by atoms with Gasteiger partial charge in [0.15, 0.2) is 0 Å². The summed E-state index contributed by atoms with van der Waals surface area (Å²) in [4.78, 5) is 4.84.